The summed E-state index contributed by atoms with van der Waals surface area (Å²) >= 11 is 0. The zero-order valence-electron chi connectivity index (χ0n) is 19.6. The number of urea groups is 1. The number of hydrogen-bond donors (Lipinski definition) is 1. The van der Waals surface area contributed by atoms with Gasteiger partial charge in [0.15, 0.2) is 0 Å². The van der Waals surface area contributed by atoms with Crippen LogP contribution in [-0.4, -0.2) is 47.3 Å². The maximum absolute atomic E-state index is 13.3. The number of rotatable bonds is 8. The smallest absolute Gasteiger partial charge is 0.325 e. The first-order valence-corrected chi connectivity index (χ1v) is 11.4. The van der Waals surface area contributed by atoms with Crippen LogP contribution in [0.15, 0.2) is 48.5 Å². The number of ether oxygens (including phenoxy) is 1. The quantitative estimate of drug-likeness (QED) is 0.622. The third-order valence-corrected chi connectivity index (χ3v) is 6.54. The summed E-state index contributed by atoms with van der Waals surface area (Å²) in [5, 5.41) is 2.80. The zero-order valence-corrected chi connectivity index (χ0v) is 19.6. The van der Waals surface area contributed by atoms with Gasteiger partial charge in [0.05, 0.1) is 7.11 Å². The standard InChI is InChI=1S/C26H31N3O4/c1-17(2)19-7-9-20(10-8-19)26(3)24(31)29(25(32)27-26)16-23(30)28(21-11-12-21)15-18-5-13-22(33-4)14-6-18/h5-10,13-14,17,21H,11-12,15-16H2,1-4H3,(H,27,32). The van der Waals surface area contributed by atoms with Gasteiger partial charge in [0.1, 0.15) is 17.8 Å². The number of carbonyl (C=O) groups excluding carboxylic acids is 3. The third kappa shape index (κ3) is 4.58. The average molecular weight is 450 g/mol. The lowest BCUT2D eigenvalue weighted by Crippen LogP contribution is -2.45. The molecule has 7 nitrogen and oxygen atoms in total. The number of methoxy groups -OCH3 is 1. The van der Waals surface area contributed by atoms with E-state index in [2.05, 4.69) is 19.2 Å². The summed E-state index contributed by atoms with van der Waals surface area (Å²) in [6.45, 7) is 6.06. The number of nitrogens with zero attached hydrogens (tertiary/aromatic N) is 2. The van der Waals surface area contributed by atoms with Crippen LogP contribution in [0.2, 0.25) is 0 Å². The Morgan fingerprint density at radius 3 is 2.30 bits per heavy atom. The van der Waals surface area contributed by atoms with Crippen LogP contribution in [-0.2, 0) is 21.7 Å². The van der Waals surface area contributed by atoms with Gasteiger partial charge in [-0.25, -0.2) is 4.79 Å². The fraction of sp³-hybridized carbons (Fsp3) is 0.423. The van der Waals surface area contributed by atoms with Gasteiger partial charge >= 0.3 is 6.03 Å². The van der Waals surface area contributed by atoms with Gasteiger partial charge in [0.25, 0.3) is 5.91 Å². The van der Waals surface area contributed by atoms with E-state index in [0.717, 1.165) is 34.6 Å². The molecule has 33 heavy (non-hydrogen) atoms. The van der Waals surface area contributed by atoms with Gasteiger partial charge in [-0.2, -0.15) is 0 Å². The molecule has 1 aliphatic carbocycles. The van der Waals surface area contributed by atoms with E-state index in [4.69, 9.17) is 4.74 Å². The number of carbonyl (C=O) groups is 3. The number of nitrogens with one attached hydrogen (secondary N) is 1. The summed E-state index contributed by atoms with van der Waals surface area (Å²) in [5.41, 5.74) is 1.65. The molecule has 1 atom stereocenters. The minimum absolute atomic E-state index is 0.148. The minimum Gasteiger partial charge on any atom is -0.497 e. The highest BCUT2D eigenvalue weighted by molar-refractivity contribution is 6.09. The van der Waals surface area contributed by atoms with E-state index in [1.165, 1.54) is 0 Å². The van der Waals surface area contributed by atoms with E-state index < -0.39 is 17.5 Å². The van der Waals surface area contributed by atoms with E-state index in [1.807, 2.05) is 48.5 Å². The SMILES string of the molecule is COc1ccc(CN(C(=O)CN2C(=O)NC(C)(c3ccc(C(C)C)cc3)C2=O)C2CC2)cc1. The van der Waals surface area contributed by atoms with Gasteiger partial charge in [0, 0.05) is 12.6 Å². The number of benzene rings is 2. The Kier molecular flexibility index (Phi) is 6.15. The lowest BCUT2D eigenvalue weighted by molar-refractivity contribution is -0.139. The van der Waals surface area contributed by atoms with Crippen molar-refractivity contribution in [2.24, 2.45) is 0 Å². The van der Waals surface area contributed by atoms with Crippen LogP contribution in [0.25, 0.3) is 0 Å². The van der Waals surface area contributed by atoms with Crippen molar-refractivity contribution in [1.82, 2.24) is 15.1 Å². The molecule has 1 aliphatic heterocycles. The number of imide groups is 1. The van der Waals surface area contributed by atoms with Crippen LogP contribution in [0.3, 0.4) is 0 Å². The fourth-order valence-corrected chi connectivity index (χ4v) is 4.20. The minimum atomic E-state index is -1.19. The Balaban J connectivity index is 1.48. The molecule has 2 aromatic rings. The molecule has 2 fully saturated rings. The molecule has 1 N–H and O–H groups in total. The lowest BCUT2D eigenvalue weighted by atomic mass is 9.90. The molecule has 4 rings (SSSR count). The molecule has 0 spiro atoms. The highest BCUT2D eigenvalue weighted by Gasteiger charge is 2.50. The zero-order chi connectivity index (χ0) is 23.8. The topological polar surface area (TPSA) is 79.0 Å². The van der Waals surface area contributed by atoms with Crippen LogP contribution in [0.5, 0.6) is 5.75 Å². The number of hydrogen-bond acceptors (Lipinski definition) is 4. The molecule has 1 heterocycles. The maximum Gasteiger partial charge on any atom is 0.325 e. The van der Waals surface area contributed by atoms with E-state index in [9.17, 15) is 14.4 Å². The molecule has 1 saturated carbocycles. The van der Waals surface area contributed by atoms with Crippen molar-refractivity contribution < 1.29 is 19.1 Å². The van der Waals surface area contributed by atoms with Crippen molar-refractivity contribution in [2.75, 3.05) is 13.7 Å². The molecular weight excluding hydrogens is 418 g/mol. The van der Waals surface area contributed by atoms with Crippen molar-refractivity contribution in [3.05, 3.63) is 65.2 Å². The Labute approximate surface area is 194 Å². The van der Waals surface area contributed by atoms with Crippen molar-refractivity contribution in [3.8, 4) is 5.75 Å². The summed E-state index contributed by atoms with van der Waals surface area (Å²) < 4.78 is 5.20. The molecule has 2 aliphatic rings. The second-order valence-corrected chi connectivity index (χ2v) is 9.32. The van der Waals surface area contributed by atoms with Crippen molar-refractivity contribution in [2.45, 2.75) is 57.7 Å². The molecule has 7 heteroatoms. The molecule has 174 valence electrons. The Morgan fingerprint density at radius 1 is 1.12 bits per heavy atom. The van der Waals surface area contributed by atoms with E-state index in [0.29, 0.717) is 18.0 Å². The van der Waals surface area contributed by atoms with Gasteiger partial charge in [-0.3, -0.25) is 14.5 Å². The van der Waals surface area contributed by atoms with Crippen LogP contribution < -0.4 is 10.1 Å². The highest BCUT2D eigenvalue weighted by atomic mass is 16.5. The van der Waals surface area contributed by atoms with Crippen LogP contribution in [0, 0.1) is 0 Å². The monoisotopic (exact) mass is 449 g/mol. The summed E-state index contributed by atoms with van der Waals surface area (Å²) in [5.74, 6) is 0.492. The van der Waals surface area contributed by atoms with Gasteiger partial charge < -0.3 is 15.0 Å². The van der Waals surface area contributed by atoms with Crippen LogP contribution in [0.4, 0.5) is 4.79 Å². The molecule has 0 bridgehead atoms. The first-order chi connectivity index (χ1) is 15.7. The summed E-state index contributed by atoms with van der Waals surface area (Å²) in [6.07, 6.45) is 1.86. The van der Waals surface area contributed by atoms with Crippen LogP contribution in [0.1, 0.15) is 56.2 Å². The van der Waals surface area contributed by atoms with Gasteiger partial charge in [-0.05, 0) is 54.5 Å². The van der Waals surface area contributed by atoms with Crippen molar-refractivity contribution >= 4 is 17.8 Å². The van der Waals surface area contributed by atoms with Gasteiger partial charge in [0.2, 0.25) is 5.91 Å². The molecule has 4 amide bonds. The molecule has 0 aromatic heterocycles. The largest absolute Gasteiger partial charge is 0.497 e. The molecule has 1 saturated heterocycles. The second-order valence-electron chi connectivity index (χ2n) is 9.32. The maximum atomic E-state index is 13.3. The first-order valence-electron chi connectivity index (χ1n) is 11.4. The van der Waals surface area contributed by atoms with Gasteiger partial charge in [-0.1, -0.05) is 50.2 Å². The summed E-state index contributed by atoms with van der Waals surface area (Å²) in [4.78, 5) is 42.0. The molecule has 1 unspecified atom stereocenters. The molecule has 2 aromatic carbocycles. The molecule has 0 radical (unpaired) electrons. The van der Waals surface area contributed by atoms with Crippen LogP contribution >= 0.6 is 0 Å². The Morgan fingerprint density at radius 2 is 1.76 bits per heavy atom. The van der Waals surface area contributed by atoms with E-state index in [-0.39, 0.29) is 18.5 Å². The third-order valence-electron chi connectivity index (χ3n) is 6.54. The van der Waals surface area contributed by atoms with E-state index in [1.54, 1.807) is 18.9 Å². The second kappa shape index (κ2) is 8.89. The average Bonchev–Trinajstić information content (AvgIpc) is 3.62. The highest BCUT2D eigenvalue weighted by Crippen LogP contribution is 2.32. The fourth-order valence-electron chi connectivity index (χ4n) is 4.20. The predicted molar refractivity (Wildman–Crippen MR) is 125 cm³/mol. The van der Waals surface area contributed by atoms with Crippen molar-refractivity contribution in [1.29, 1.82) is 0 Å². The first kappa shape index (κ1) is 22.8. The Hall–Kier alpha value is -3.35. The van der Waals surface area contributed by atoms with E-state index >= 15 is 0 Å². The predicted octanol–water partition coefficient (Wildman–Crippen LogP) is 3.78. The summed E-state index contributed by atoms with van der Waals surface area (Å²) in [6, 6.07) is 14.9. The Bertz CT molecular complexity index is 1040. The lowest BCUT2D eigenvalue weighted by Gasteiger charge is -2.26. The molecular formula is C26H31N3O4. The summed E-state index contributed by atoms with van der Waals surface area (Å²) in [7, 11) is 1.61. The normalized spacial score (nSPS) is 20.2. The van der Waals surface area contributed by atoms with Gasteiger partial charge in [-0.15, -0.1) is 0 Å². The van der Waals surface area contributed by atoms with Crippen molar-refractivity contribution in [3.63, 3.8) is 0 Å². The number of amides is 4.